The molecule has 8 rings (SSSR count). The lowest BCUT2D eigenvalue weighted by atomic mass is 9.33. The summed E-state index contributed by atoms with van der Waals surface area (Å²) in [7, 11) is 0. The molecule has 0 N–H and O–H groups in total. The van der Waals surface area contributed by atoms with Gasteiger partial charge in [0.25, 0.3) is 6.71 Å². The van der Waals surface area contributed by atoms with Crippen molar-refractivity contribution < 1.29 is 0 Å². The van der Waals surface area contributed by atoms with Crippen molar-refractivity contribution in [1.82, 2.24) is 0 Å². The summed E-state index contributed by atoms with van der Waals surface area (Å²) >= 11 is 0. The largest absolute Gasteiger partial charge is 0.311 e. The minimum absolute atomic E-state index is 0.0128. The summed E-state index contributed by atoms with van der Waals surface area (Å²) in [5, 5.41) is 0. The fourth-order valence-corrected chi connectivity index (χ4v) is 9.65. The van der Waals surface area contributed by atoms with Gasteiger partial charge in [-0.2, -0.15) is 0 Å². The molecule has 0 saturated carbocycles. The Balaban J connectivity index is 1.50. The van der Waals surface area contributed by atoms with Crippen LogP contribution in [0.5, 0.6) is 0 Å². The van der Waals surface area contributed by atoms with Gasteiger partial charge < -0.3 is 9.80 Å². The monoisotopic (exact) mass is 777 g/mol. The molecule has 0 atom stereocenters. The van der Waals surface area contributed by atoms with Gasteiger partial charge in [0.2, 0.25) is 0 Å². The van der Waals surface area contributed by atoms with Crippen LogP contribution in [0, 0.1) is 27.7 Å². The number of hydrogen-bond donors (Lipinski definition) is 0. The average molecular weight is 777 g/mol. The first-order valence-corrected chi connectivity index (χ1v) is 21.8. The maximum absolute atomic E-state index is 2.61. The highest BCUT2D eigenvalue weighted by molar-refractivity contribution is 7.00. The van der Waals surface area contributed by atoms with Crippen LogP contribution in [0.2, 0.25) is 0 Å². The zero-order valence-electron chi connectivity index (χ0n) is 38.8. The lowest BCUT2D eigenvalue weighted by Gasteiger charge is -2.45. The number of para-hydroxylation sites is 1. The molecule has 302 valence electrons. The predicted octanol–water partition coefficient (Wildman–Crippen LogP) is 13.9. The Morgan fingerprint density at radius 1 is 0.390 bits per heavy atom. The number of benzene rings is 6. The third-order valence-corrected chi connectivity index (χ3v) is 12.9. The molecule has 0 saturated heterocycles. The van der Waals surface area contributed by atoms with Crippen LogP contribution in [-0.4, -0.2) is 6.71 Å². The van der Waals surface area contributed by atoms with Crippen LogP contribution in [-0.2, 0) is 21.7 Å². The van der Waals surface area contributed by atoms with Crippen molar-refractivity contribution in [3.8, 4) is 11.1 Å². The number of anilines is 6. The van der Waals surface area contributed by atoms with Crippen molar-refractivity contribution >= 4 is 57.2 Å². The van der Waals surface area contributed by atoms with Crippen LogP contribution in [0.3, 0.4) is 0 Å². The van der Waals surface area contributed by atoms with Crippen LogP contribution in [0.15, 0.2) is 103 Å². The maximum atomic E-state index is 2.61. The van der Waals surface area contributed by atoms with Gasteiger partial charge in [-0.3, -0.25) is 0 Å². The topological polar surface area (TPSA) is 6.48 Å². The van der Waals surface area contributed by atoms with Crippen LogP contribution in [0.1, 0.15) is 128 Å². The van der Waals surface area contributed by atoms with Gasteiger partial charge in [0.1, 0.15) is 0 Å². The molecule has 2 aliphatic rings. The average Bonchev–Trinajstić information content (AvgIpc) is 3.12. The highest BCUT2D eigenvalue weighted by atomic mass is 15.2. The quantitative estimate of drug-likeness (QED) is 0.165. The fraction of sp³-hybridized carbons (Fsp3) is 0.357. The predicted molar refractivity (Wildman–Crippen MR) is 260 cm³/mol. The number of rotatable bonds is 3. The molecule has 0 amide bonds. The number of nitrogens with zero attached hydrogens (tertiary/aromatic N) is 2. The van der Waals surface area contributed by atoms with Gasteiger partial charge in [0, 0.05) is 34.1 Å². The minimum Gasteiger partial charge on any atom is -0.311 e. The van der Waals surface area contributed by atoms with Crippen molar-refractivity contribution in [3.63, 3.8) is 0 Å². The molecule has 0 spiro atoms. The Kier molecular flexibility index (Phi) is 9.51. The van der Waals surface area contributed by atoms with Gasteiger partial charge >= 0.3 is 0 Å². The molecule has 0 unspecified atom stereocenters. The molecule has 2 heterocycles. The summed E-state index contributed by atoms with van der Waals surface area (Å²) in [5.74, 6) is 0. The molecule has 0 aromatic heterocycles. The fourth-order valence-electron chi connectivity index (χ4n) is 9.65. The molecule has 2 nitrogen and oxygen atoms in total. The first-order chi connectivity index (χ1) is 27.4. The first kappa shape index (κ1) is 40.8. The van der Waals surface area contributed by atoms with Gasteiger partial charge in [-0.05, 0) is 164 Å². The Morgan fingerprint density at radius 2 is 0.797 bits per heavy atom. The standard InChI is InChI=1S/C56H65BN2/c1-34-23-36(3)51(37(4)24-34)38-21-22-48-46(27-38)57-45-19-17-18-20-47(45)58(43-30-39(53(5,6)7)28-40(31-43)54(8,9)10)49-25-35(2)26-50(52(49)57)59(48)44-32-41(55(11,12)13)29-42(33-44)56(14,15)16/h17-33H,1-16H3. The molecule has 0 bridgehead atoms. The smallest absolute Gasteiger partial charge is 0.252 e. The molecule has 2 aliphatic heterocycles. The van der Waals surface area contributed by atoms with E-state index in [0.29, 0.717) is 0 Å². The molecule has 6 aromatic carbocycles. The lowest BCUT2D eigenvalue weighted by Crippen LogP contribution is -2.61. The van der Waals surface area contributed by atoms with Gasteiger partial charge in [-0.25, -0.2) is 0 Å². The van der Waals surface area contributed by atoms with Gasteiger partial charge in [0.05, 0.1) is 0 Å². The van der Waals surface area contributed by atoms with Crippen molar-refractivity contribution in [1.29, 1.82) is 0 Å². The number of fused-ring (bicyclic) bond motifs is 4. The molecular weight excluding hydrogens is 711 g/mol. The van der Waals surface area contributed by atoms with E-state index in [1.54, 1.807) is 0 Å². The van der Waals surface area contributed by atoms with E-state index in [4.69, 9.17) is 0 Å². The van der Waals surface area contributed by atoms with Crippen molar-refractivity contribution in [2.24, 2.45) is 0 Å². The molecule has 0 radical (unpaired) electrons. The highest BCUT2D eigenvalue weighted by Crippen LogP contribution is 2.48. The second-order valence-electron chi connectivity index (χ2n) is 22.0. The summed E-state index contributed by atoms with van der Waals surface area (Å²) in [6, 6.07) is 40.9. The summed E-state index contributed by atoms with van der Waals surface area (Å²) < 4.78 is 0. The van der Waals surface area contributed by atoms with Crippen LogP contribution >= 0.6 is 0 Å². The van der Waals surface area contributed by atoms with Gasteiger partial charge in [-0.15, -0.1) is 0 Å². The SMILES string of the molecule is Cc1cc(C)c(-c2ccc3c(c2)B2c4ccccc4N(c4cc(C(C)(C)C)cc(C(C)(C)C)c4)c4cc(C)cc(c42)N3c2cc(C(C)(C)C)cc(C(C)(C)C)c2)c(C)c1. The van der Waals surface area contributed by atoms with Crippen molar-refractivity contribution in [3.05, 3.63) is 148 Å². The number of hydrogen-bond acceptors (Lipinski definition) is 2. The summed E-state index contributed by atoms with van der Waals surface area (Å²) in [4.78, 5) is 5.20. The van der Waals surface area contributed by atoms with E-state index in [0.717, 1.165) is 0 Å². The Bertz CT molecular complexity index is 2550. The lowest BCUT2D eigenvalue weighted by molar-refractivity contribution is 0.568. The third kappa shape index (κ3) is 7.13. The van der Waals surface area contributed by atoms with E-state index in [2.05, 4.69) is 224 Å². The summed E-state index contributed by atoms with van der Waals surface area (Å²) in [5.41, 5.74) is 24.7. The molecule has 0 aliphatic carbocycles. The summed E-state index contributed by atoms with van der Waals surface area (Å²) in [6.45, 7) is 37.2. The van der Waals surface area contributed by atoms with E-state index in [1.165, 1.54) is 106 Å². The molecule has 59 heavy (non-hydrogen) atoms. The van der Waals surface area contributed by atoms with Gasteiger partial charge in [0.15, 0.2) is 0 Å². The van der Waals surface area contributed by atoms with Crippen LogP contribution < -0.4 is 26.2 Å². The molecule has 6 aromatic rings. The Morgan fingerprint density at radius 3 is 1.24 bits per heavy atom. The molecular formula is C56H65BN2. The Hall–Kier alpha value is -5.02. The molecule has 3 heteroatoms. The van der Waals surface area contributed by atoms with E-state index < -0.39 is 0 Å². The normalized spacial score (nSPS) is 14.0. The summed E-state index contributed by atoms with van der Waals surface area (Å²) in [6.07, 6.45) is 0. The first-order valence-electron chi connectivity index (χ1n) is 21.8. The van der Waals surface area contributed by atoms with Crippen LogP contribution in [0.4, 0.5) is 34.1 Å². The van der Waals surface area contributed by atoms with E-state index in [9.17, 15) is 0 Å². The second kappa shape index (κ2) is 13.8. The van der Waals surface area contributed by atoms with E-state index in [-0.39, 0.29) is 28.4 Å². The highest BCUT2D eigenvalue weighted by Gasteiger charge is 2.44. The third-order valence-electron chi connectivity index (χ3n) is 12.9. The second-order valence-corrected chi connectivity index (χ2v) is 22.0. The van der Waals surface area contributed by atoms with Gasteiger partial charge in [-0.1, -0.05) is 143 Å². The minimum atomic E-state index is -0.0217. The van der Waals surface area contributed by atoms with E-state index >= 15 is 0 Å². The zero-order valence-corrected chi connectivity index (χ0v) is 38.8. The van der Waals surface area contributed by atoms with Crippen LogP contribution in [0.25, 0.3) is 11.1 Å². The molecule has 0 fully saturated rings. The van der Waals surface area contributed by atoms with Crippen molar-refractivity contribution in [2.45, 2.75) is 132 Å². The Labute approximate surface area is 356 Å². The maximum Gasteiger partial charge on any atom is 0.252 e. The number of aryl methyl sites for hydroxylation is 4. The zero-order chi connectivity index (χ0) is 42.7. The van der Waals surface area contributed by atoms with E-state index in [1.807, 2.05) is 0 Å². The van der Waals surface area contributed by atoms with Crippen molar-refractivity contribution in [2.75, 3.05) is 9.80 Å².